The minimum absolute atomic E-state index is 0.0405. The van der Waals surface area contributed by atoms with Crippen molar-refractivity contribution in [3.8, 4) is 5.88 Å². The average Bonchev–Trinajstić information content (AvgIpc) is 3.04. The lowest BCUT2D eigenvalue weighted by Crippen LogP contribution is -2.38. The van der Waals surface area contributed by atoms with Gasteiger partial charge >= 0.3 is 0 Å². The Labute approximate surface area is 136 Å². The van der Waals surface area contributed by atoms with Crippen molar-refractivity contribution >= 4 is 0 Å². The molecule has 2 aromatic heterocycles. The van der Waals surface area contributed by atoms with Gasteiger partial charge in [-0.1, -0.05) is 6.07 Å². The zero-order chi connectivity index (χ0) is 16.1. The number of ether oxygens (including phenoxy) is 2. The quantitative estimate of drug-likeness (QED) is 0.807. The molecule has 3 heterocycles. The Kier molecular flexibility index (Phi) is 5.19. The molecule has 0 N–H and O–H groups in total. The first-order chi connectivity index (χ1) is 11.3. The van der Waals surface area contributed by atoms with Gasteiger partial charge in [0.1, 0.15) is 12.4 Å². The van der Waals surface area contributed by atoms with E-state index in [1.54, 1.807) is 6.33 Å². The zero-order valence-corrected chi connectivity index (χ0v) is 13.7. The fraction of sp³-hybridized carbons (Fsp3) is 0.562. The van der Waals surface area contributed by atoms with E-state index < -0.39 is 0 Å². The summed E-state index contributed by atoms with van der Waals surface area (Å²) >= 11 is 0. The lowest BCUT2D eigenvalue weighted by atomic mass is 10.2. The van der Waals surface area contributed by atoms with E-state index in [4.69, 9.17) is 9.47 Å². The SMILES string of the molecule is CCOc1cccc(CN2CCOC(c3nncn3CC)C2)n1. The topological polar surface area (TPSA) is 65.3 Å². The number of hydrogen-bond acceptors (Lipinski definition) is 6. The molecule has 2 aromatic rings. The van der Waals surface area contributed by atoms with E-state index in [0.29, 0.717) is 19.1 Å². The molecule has 23 heavy (non-hydrogen) atoms. The molecule has 0 aromatic carbocycles. The predicted molar refractivity (Wildman–Crippen MR) is 85.1 cm³/mol. The van der Waals surface area contributed by atoms with Gasteiger partial charge in [0.25, 0.3) is 0 Å². The molecule has 124 valence electrons. The molecule has 0 amide bonds. The second kappa shape index (κ2) is 7.52. The van der Waals surface area contributed by atoms with Gasteiger partial charge in [-0.25, -0.2) is 4.98 Å². The van der Waals surface area contributed by atoms with Crippen LogP contribution in [0.2, 0.25) is 0 Å². The van der Waals surface area contributed by atoms with E-state index >= 15 is 0 Å². The molecule has 0 aliphatic carbocycles. The van der Waals surface area contributed by atoms with Crippen molar-refractivity contribution in [3.63, 3.8) is 0 Å². The first-order valence-electron chi connectivity index (χ1n) is 8.10. The van der Waals surface area contributed by atoms with Crippen molar-refractivity contribution in [1.82, 2.24) is 24.6 Å². The summed E-state index contributed by atoms with van der Waals surface area (Å²) < 4.78 is 13.4. The van der Waals surface area contributed by atoms with Crippen LogP contribution in [0, 0.1) is 0 Å². The van der Waals surface area contributed by atoms with E-state index in [9.17, 15) is 0 Å². The number of hydrogen-bond donors (Lipinski definition) is 0. The summed E-state index contributed by atoms with van der Waals surface area (Å²) in [6.45, 7) is 8.66. The highest BCUT2D eigenvalue weighted by Gasteiger charge is 2.26. The fourth-order valence-electron chi connectivity index (χ4n) is 2.76. The maximum Gasteiger partial charge on any atom is 0.213 e. The molecule has 0 bridgehead atoms. The maximum atomic E-state index is 5.88. The molecule has 1 atom stereocenters. The fourth-order valence-corrected chi connectivity index (χ4v) is 2.76. The van der Waals surface area contributed by atoms with Crippen LogP contribution in [-0.4, -0.2) is 51.0 Å². The summed E-state index contributed by atoms with van der Waals surface area (Å²) in [4.78, 5) is 6.87. The highest BCUT2D eigenvalue weighted by molar-refractivity contribution is 5.15. The van der Waals surface area contributed by atoms with Crippen LogP contribution in [0.15, 0.2) is 24.5 Å². The molecule has 1 aliphatic heterocycles. The van der Waals surface area contributed by atoms with Gasteiger partial charge in [0.2, 0.25) is 5.88 Å². The smallest absolute Gasteiger partial charge is 0.213 e. The molecule has 1 aliphatic rings. The summed E-state index contributed by atoms with van der Waals surface area (Å²) in [6.07, 6.45) is 1.71. The summed E-state index contributed by atoms with van der Waals surface area (Å²) in [7, 11) is 0. The number of pyridine rings is 1. The Hall–Kier alpha value is -1.99. The number of aromatic nitrogens is 4. The molecule has 0 radical (unpaired) electrons. The number of nitrogens with zero attached hydrogens (tertiary/aromatic N) is 5. The van der Waals surface area contributed by atoms with Gasteiger partial charge in [0.15, 0.2) is 5.82 Å². The summed E-state index contributed by atoms with van der Waals surface area (Å²) in [5.41, 5.74) is 1.01. The van der Waals surface area contributed by atoms with E-state index in [2.05, 4.69) is 27.0 Å². The van der Waals surface area contributed by atoms with E-state index in [1.165, 1.54) is 0 Å². The van der Waals surface area contributed by atoms with Gasteiger partial charge in [-0.15, -0.1) is 10.2 Å². The summed E-state index contributed by atoms with van der Waals surface area (Å²) in [5, 5.41) is 8.21. The van der Waals surface area contributed by atoms with Crippen molar-refractivity contribution in [1.29, 1.82) is 0 Å². The first kappa shape index (κ1) is 15.9. The normalized spacial score (nSPS) is 19.0. The van der Waals surface area contributed by atoms with Crippen molar-refractivity contribution < 1.29 is 9.47 Å². The van der Waals surface area contributed by atoms with Gasteiger partial charge in [0, 0.05) is 32.2 Å². The minimum atomic E-state index is -0.0405. The lowest BCUT2D eigenvalue weighted by molar-refractivity contribution is -0.0392. The molecule has 7 nitrogen and oxygen atoms in total. The van der Waals surface area contributed by atoms with Crippen molar-refractivity contribution in [2.24, 2.45) is 0 Å². The predicted octanol–water partition coefficient (Wildman–Crippen LogP) is 1.67. The van der Waals surface area contributed by atoms with Crippen LogP contribution in [0.25, 0.3) is 0 Å². The largest absolute Gasteiger partial charge is 0.478 e. The molecule has 1 unspecified atom stereocenters. The van der Waals surface area contributed by atoms with E-state index in [-0.39, 0.29) is 6.10 Å². The maximum absolute atomic E-state index is 5.88. The Morgan fingerprint density at radius 1 is 1.35 bits per heavy atom. The monoisotopic (exact) mass is 317 g/mol. The molecule has 7 heteroatoms. The van der Waals surface area contributed by atoms with Crippen LogP contribution in [0.3, 0.4) is 0 Å². The van der Waals surface area contributed by atoms with E-state index in [1.807, 2.05) is 29.7 Å². The zero-order valence-electron chi connectivity index (χ0n) is 13.7. The standard InChI is InChI=1S/C16H23N5O2/c1-3-21-12-17-19-16(21)14-11-20(8-9-23-14)10-13-6-5-7-15(18-13)22-4-2/h5-7,12,14H,3-4,8-11H2,1-2H3. The van der Waals surface area contributed by atoms with Crippen molar-refractivity contribution in [3.05, 3.63) is 36.0 Å². The van der Waals surface area contributed by atoms with Gasteiger partial charge in [-0.2, -0.15) is 0 Å². The van der Waals surface area contributed by atoms with Gasteiger partial charge in [0.05, 0.1) is 18.9 Å². The molecule has 0 spiro atoms. The van der Waals surface area contributed by atoms with Crippen LogP contribution in [0.1, 0.15) is 31.5 Å². The Morgan fingerprint density at radius 3 is 3.09 bits per heavy atom. The van der Waals surface area contributed by atoms with Gasteiger partial charge in [-0.3, -0.25) is 4.90 Å². The second-order valence-corrected chi connectivity index (χ2v) is 5.47. The van der Waals surface area contributed by atoms with Crippen LogP contribution in [-0.2, 0) is 17.8 Å². The van der Waals surface area contributed by atoms with Crippen LogP contribution >= 0.6 is 0 Å². The summed E-state index contributed by atoms with van der Waals surface area (Å²) in [6, 6.07) is 5.90. The number of aryl methyl sites for hydroxylation is 1. The number of morpholine rings is 1. The Morgan fingerprint density at radius 2 is 2.26 bits per heavy atom. The van der Waals surface area contributed by atoms with Gasteiger partial charge in [-0.05, 0) is 19.9 Å². The molecular formula is C16H23N5O2. The van der Waals surface area contributed by atoms with E-state index in [0.717, 1.165) is 37.7 Å². The lowest BCUT2D eigenvalue weighted by Gasteiger charge is -2.32. The third kappa shape index (κ3) is 3.86. The average molecular weight is 317 g/mol. The molecule has 3 rings (SSSR count). The van der Waals surface area contributed by atoms with Crippen molar-refractivity contribution in [2.75, 3.05) is 26.3 Å². The molecule has 0 saturated carbocycles. The third-order valence-electron chi connectivity index (χ3n) is 3.88. The third-order valence-corrected chi connectivity index (χ3v) is 3.88. The summed E-state index contributed by atoms with van der Waals surface area (Å²) in [5.74, 6) is 1.58. The Bertz CT molecular complexity index is 630. The minimum Gasteiger partial charge on any atom is -0.478 e. The highest BCUT2D eigenvalue weighted by atomic mass is 16.5. The second-order valence-electron chi connectivity index (χ2n) is 5.47. The van der Waals surface area contributed by atoms with Crippen molar-refractivity contribution in [2.45, 2.75) is 33.0 Å². The van der Waals surface area contributed by atoms with Crippen LogP contribution in [0.4, 0.5) is 0 Å². The highest BCUT2D eigenvalue weighted by Crippen LogP contribution is 2.21. The van der Waals surface area contributed by atoms with Crippen LogP contribution < -0.4 is 4.74 Å². The Balaban J connectivity index is 1.66. The molecule has 1 saturated heterocycles. The molecule has 1 fully saturated rings. The van der Waals surface area contributed by atoms with Gasteiger partial charge < -0.3 is 14.0 Å². The first-order valence-corrected chi connectivity index (χ1v) is 8.10. The number of rotatable bonds is 6. The molecular weight excluding hydrogens is 294 g/mol. The van der Waals surface area contributed by atoms with Crippen LogP contribution in [0.5, 0.6) is 5.88 Å².